The average Bonchev–Trinajstić information content (AvgIpc) is 3.14. The van der Waals surface area contributed by atoms with E-state index >= 15 is 0 Å². The summed E-state index contributed by atoms with van der Waals surface area (Å²) in [5.41, 5.74) is -2.15. The number of unbranched alkanes of at least 4 members (excludes halogenated alkanes) is 1. The van der Waals surface area contributed by atoms with Gasteiger partial charge in [-0.1, -0.05) is 39.3 Å². The number of imide groups is 1. The maximum Gasteiger partial charge on any atom is 0.416 e. The van der Waals surface area contributed by atoms with Gasteiger partial charge in [-0.3, -0.25) is 24.6 Å². The maximum absolute atomic E-state index is 13.2. The van der Waals surface area contributed by atoms with Crippen molar-refractivity contribution >= 4 is 17.8 Å². The molecule has 31 heavy (non-hydrogen) atoms. The molecule has 0 saturated carbocycles. The number of nitrogens with zero attached hydrogens (tertiary/aromatic N) is 1. The molecular formula is C22H27F3N2O4. The molecule has 9 heteroatoms. The van der Waals surface area contributed by atoms with Crippen LogP contribution < -0.4 is 5.32 Å². The predicted molar refractivity (Wildman–Crippen MR) is 106 cm³/mol. The number of rotatable bonds is 7. The molecule has 2 aliphatic heterocycles. The van der Waals surface area contributed by atoms with Crippen LogP contribution in [0.4, 0.5) is 13.2 Å². The summed E-state index contributed by atoms with van der Waals surface area (Å²) in [6, 6.07) is 3.44. The standard InChI is InChI=1S/C22H27F3N2O4/c1-4-5-10-27-18(28)15-16(19(27)29)21(20(30)31,11-12(2)3)26-17(15)13-6-8-14(9-7-13)22(23,24)25/h6-9,12,15-17,26H,4-5,10-11H2,1-3H3,(H,30,31). The molecule has 6 nitrogen and oxygen atoms in total. The zero-order valence-electron chi connectivity index (χ0n) is 17.7. The van der Waals surface area contributed by atoms with E-state index in [-0.39, 0.29) is 18.9 Å². The molecule has 4 unspecified atom stereocenters. The number of carbonyl (C=O) groups excluding carboxylic acids is 2. The first-order chi connectivity index (χ1) is 14.4. The first-order valence-corrected chi connectivity index (χ1v) is 10.5. The Morgan fingerprint density at radius 1 is 1.19 bits per heavy atom. The number of benzene rings is 1. The Balaban J connectivity index is 2.07. The number of halogens is 3. The van der Waals surface area contributed by atoms with Gasteiger partial charge in [0.05, 0.1) is 17.4 Å². The van der Waals surface area contributed by atoms with Gasteiger partial charge < -0.3 is 5.11 Å². The third kappa shape index (κ3) is 3.95. The number of hydrogen-bond acceptors (Lipinski definition) is 4. The zero-order valence-corrected chi connectivity index (χ0v) is 17.7. The Kier molecular flexibility index (Phi) is 6.19. The molecule has 2 aliphatic rings. The molecule has 2 heterocycles. The fourth-order valence-electron chi connectivity index (χ4n) is 4.88. The highest BCUT2D eigenvalue weighted by Gasteiger charge is 2.68. The van der Waals surface area contributed by atoms with Crippen LogP contribution in [-0.4, -0.2) is 39.9 Å². The van der Waals surface area contributed by atoms with Crippen molar-refractivity contribution in [3.63, 3.8) is 0 Å². The Morgan fingerprint density at radius 2 is 1.81 bits per heavy atom. The topological polar surface area (TPSA) is 86.7 Å². The third-order valence-corrected chi connectivity index (χ3v) is 6.19. The molecular weight excluding hydrogens is 413 g/mol. The van der Waals surface area contributed by atoms with Gasteiger partial charge in [0.15, 0.2) is 0 Å². The van der Waals surface area contributed by atoms with Crippen molar-refractivity contribution in [2.45, 2.75) is 57.8 Å². The highest BCUT2D eigenvalue weighted by atomic mass is 19.4. The van der Waals surface area contributed by atoms with E-state index in [1.165, 1.54) is 12.1 Å². The van der Waals surface area contributed by atoms with Crippen molar-refractivity contribution in [2.75, 3.05) is 6.54 Å². The summed E-state index contributed by atoms with van der Waals surface area (Å²) in [5, 5.41) is 13.1. The first-order valence-electron chi connectivity index (χ1n) is 10.5. The van der Waals surface area contributed by atoms with Crippen LogP contribution in [0.15, 0.2) is 24.3 Å². The lowest BCUT2D eigenvalue weighted by molar-refractivity contribution is -0.152. The van der Waals surface area contributed by atoms with Crippen LogP contribution in [0.25, 0.3) is 0 Å². The smallest absolute Gasteiger partial charge is 0.416 e. The van der Waals surface area contributed by atoms with Gasteiger partial charge in [-0.2, -0.15) is 13.2 Å². The largest absolute Gasteiger partial charge is 0.480 e. The van der Waals surface area contributed by atoms with Gasteiger partial charge in [0, 0.05) is 12.6 Å². The number of amides is 2. The monoisotopic (exact) mass is 440 g/mol. The van der Waals surface area contributed by atoms with Crippen molar-refractivity contribution in [3.8, 4) is 0 Å². The number of carboxylic acids is 1. The van der Waals surface area contributed by atoms with Crippen molar-refractivity contribution < 1.29 is 32.7 Å². The second-order valence-corrected chi connectivity index (χ2v) is 8.80. The van der Waals surface area contributed by atoms with E-state index in [4.69, 9.17) is 0 Å². The highest BCUT2D eigenvalue weighted by molar-refractivity contribution is 6.09. The van der Waals surface area contributed by atoms with Gasteiger partial charge in [0.25, 0.3) is 0 Å². The summed E-state index contributed by atoms with van der Waals surface area (Å²) in [6.45, 7) is 5.77. The van der Waals surface area contributed by atoms with Crippen LogP contribution in [0.5, 0.6) is 0 Å². The first kappa shape index (κ1) is 23.2. The van der Waals surface area contributed by atoms with Crippen LogP contribution >= 0.6 is 0 Å². The predicted octanol–water partition coefficient (Wildman–Crippen LogP) is 3.62. The molecule has 1 aromatic rings. The summed E-state index contributed by atoms with van der Waals surface area (Å²) < 4.78 is 38.9. The number of alkyl halides is 3. The molecule has 0 aromatic heterocycles. The molecule has 2 amide bonds. The lowest BCUT2D eigenvalue weighted by atomic mass is 9.75. The summed E-state index contributed by atoms with van der Waals surface area (Å²) >= 11 is 0. The quantitative estimate of drug-likeness (QED) is 0.633. The van der Waals surface area contributed by atoms with E-state index in [1.54, 1.807) is 0 Å². The number of hydrogen-bond donors (Lipinski definition) is 2. The fraction of sp³-hybridized carbons (Fsp3) is 0.591. The Labute approximate surface area is 178 Å². The molecule has 0 radical (unpaired) electrons. The van der Waals surface area contributed by atoms with Gasteiger partial charge in [-0.15, -0.1) is 0 Å². The zero-order chi connectivity index (χ0) is 23.1. The molecule has 2 saturated heterocycles. The molecule has 0 aliphatic carbocycles. The average molecular weight is 440 g/mol. The van der Waals surface area contributed by atoms with Gasteiger partial charge in [-0.25, -0.2) is 0 Å². The van der Waals surface area contributed by atoms with Crippen LogP contribution in [0.1, 0.15) is 57.2 Å². The van der Waals surface area contributed by atoms with Crippen molar-refractivity contribution in [1.82, 2.24) is 10.2 Å². The second kappa shape index (κ2) is 8.26. The summed E-state index contributed by atoms with van der Waals surface area (Å²) in [4.78, 5) is 40.0. The molecule has 3 rings (SSSR count). The van der Waals surface area contributed by atoms with Crippen LogP contribution in [0.2, 0.25) is 0 Å². The summed E-state index contributed by atoms with van der Waals surface area (Å²) in [5.74, 6) is -4.39. The number of fused-ring (bicyclic) bond motifs is 1. The lowest BCUT2D eigenvalue weighted by Crippen LogP contribution is -2.56. The molecule has 2 fully saturated rings. The van der Waals surface area contributed by atoms with E-state index in [9.17, 15) is 32.7 Å². The molecule has 2 N–H and O–H groups in total. The molecule has 0 bridgehead atoms. The molecule has 4 atom stereocenters. The minimum atomic E-state index is -4.51. The van der Waals surface area contributed by atoms with E-state index in [0.717, 1.165) is 23.5 Å². The van der Waals surface area contributed by atoms with Crippen molar-refractivity contribution in [3.05, 3.63) is 35.4 Å². The highest BCUT2D eigenvalue weighted by Crippen LogP contribution is 2.51. The van der Waals surface area contributed by atoms with E-state index in [2.05, 4.69) is 5.32 Å². The van der Waals surface area contributed by atoms with Gasteiger partial charge in [-0.05, 0) is 36.5 Å². The van der Waals surface area contributed by atoms with E-state index in [0.29, 0.717) is 12.0 Å². The number of carboxylic acid groups (broad SMARTS) is 1. The maximum atomic E-state index is 13.2. The van der Waals surface area contributed by atoms with Gasteiger partial charge in [0.2, 0.25) is 11.8 Å². The molecule has 170 valence electrons. The normalized spacial score (nSPS) is 28.5. The number of aliphatic carboxylic acids is 1. The van der Waals surface area contributed by atoms with Crippen LogP contribution in [0, 0.1) is 17.8 Å². The minimum absolute atomic E-state index is 0.0943. The van der Waals surface area contributed by atoms with Crippen LogP contribution in [0.3, 0.4) is 0 Å². The lowest BCUT2D eigenvalue weighted by Gasteiger charge is -2.32. The number of nitrogens with one attached hydrogen (secondary N) is 1. The number of likely N-dealkylation sites (tertiary alicyclic amines) is 1. The van der Waals surface area contributed by atoms with Crippen molar-refractivity contribution in [2.24, 2.45) is 17.8 Å². The van der Waals surface area contributed by atoms with Crippen molar-refractivity contribution in [1.29, 1.82) is 0 Å². The fourth-order valence-corrected chi connectivity index (χ4v) is 4.88. The van der Waals surface area contributed by atoms with Gasteiger partial charge in [0.1, 0.15) is 5.54 Å². The minimum Gasteiger partial charge on any atom is -0.480 e. The summed E-state index contributed by atoms with van der Waals surface area (Å²) in [6.07, 6.45) is -3.05. The number of carbonyl (C=O) groups is 3. The van der Waals surface area contributed by atoms with Crippen LogP contribution in [-0.2, 0) is 20.6 Å². The summed E-state index contributed by atoms with van der Waals surface area (Å²) in [7, 11) is 0. The van der Waals surface area contributed by atoms with E-state index in [1.807, 2.05) is 20.8 Å². The SMILES string of the molecule is CCCCN1C(=O)C2C(c3ccc(C(F)(F)F)cc3)NC(CC(C)C)(C(=O)O)C2C1=O. The molecule has 1 aromatic carbocycles. The van der Waals surface area contributed by atoms with Gasteiger partial charge >= 0.3 is 12.1 Å². The second-order valence-electron chi connectivity index (χ2n) is 8.80. The third-order valence-electron chi connectivity index (χ3n) is 6.19. The Hall–Kier alpha value is -2.42. The Bertz CT molecular complexity index is 869. The molecule has 0 spiro atoms. The Morgan fingerprint density at radius 3 is 2.29 bits per heavy atom. The van der Waals surface area contributed by atoms with E-state index < -0.39 is 52.9 Å².